The molecule has 0 fully saturated rings. The van der Waals surface area contributed by atoms with Gasteiger partial charge >= 0.3 is 0 Å². The Morgan fingerprint density at radius 2 is 2.29 bits per heavy atom. The van der Waals surface area contributed by atoms with Crippen LogP contribution in [0.1, 0.15) is 5.89 Å². The quantitative estimate of drug-likeness (QED) is 0.709. The van der Waals surface area contributed by atoms with Crippen molar-refractivity contribution < 1.29 is 4.52 Å². The van der Waals surface area contributed by atoms with Crippen molar-refractivity contribution in [2.45, 2.75) is 13.0 Å². The molecule has 7 nitrogen and oxygen atoms in total. The fourth-order valence-corrected chi connectivity index (χ4v) is 1.71. The molecule has 3 aromatic heterocycles. The van der Waals surface area contributed by atoms with Crippen LogP contribution >= 0.6 is 0 Å². The third-order valence-electron chi connectivity index (χ3n) is 2.49. The van der Waals surface area contributed by atoms with Crippen molar-refractivity contribution in [2.75, 3.05) is 5.73 Å². The van der Waals surface area contributed by atoms with E-state index in [0.29, 0.717) is 24.8 Å². The highest BCUT2D eigenvalue weighted by molar-refractivity contribution is 5.73. The highest BCUT2D eigenvalue weighted by Crippen LogP contribution is 2.15. The van der Waals surface area contributed by atoms with Gasteiger partial charge in [0, 0.05) is 19.2 Å². The Morgan fingerprint density at radius 3 is 3.12 bits per heavy atom. The summed E-state index contributed by atoms with van der Waals surface area (Å²) >= 11 is 0. The van der Waals surface area contributed by atoms with Gasteiger partial charge in [0.15, 0.2) is 12.0 Å². The Kier molecular flexibility index (Phi) is 2.21. The van der Waals surface area contributed by atoms with Crippen molar-refractivity contribution in [1.82, 2.24) is 24.7 Å². The fourth-order valence-electron chi connectivity index (χ4n) is 1.71. The summed E-state index contributed by atoms with van der Waals surface area (Å²) in [6.45, 7) is 0.613. The number of pyridine rings is 1. The molecule has 0 radical (unpaired) electrons. The summed E-state index contributed by atoms with van der Waals surface area (Å²) in [5.74, 6) is 1.01. The first kappa shape index (κ1) is 9.76. The molecule has 0 bridgehead atoms. The topological polar surface area (TPSA) is 95.7 Å². The number of fused-ring (bicyclic) bond motifs is 1. The first-order valence-corrected chi connectivity index (χ1v) is 5.17. The molecule has 0 saturated carbocycles. The molecular formula is C10H10N6O. The van der Waals surface area contributed by atoms with Gasteiger partial charge in [-0.15, -0.1) is 0 Å². The molecular weight excluding hydrogens is 220 g/mol. The fraction of sp³-hybridized carbons (Fsp3) is 0.200. The standard InChI is InChI=1S/C10H10N6O/c11-10-15-7-2-1-4-12-9(7)16(10)5-3-8-13-6-14-17-8/h1-2,4,6H,3,5H2,(H2,11,15). The van der Waals surface area contributed by atoms with Gasteiger partial charge < -0.3 is 10.3 Å². The van der Waals surface area contributed by atoms with Gasteiger partial charge in [-0.3, -0.25) is 4.57 Å². The number of aryl methyl sites for hydroxylation is 2. The van der Waals surface area contributed by atoms with E-state index in [-0.39, 0.29) is 0 Å². The molecule has 0 aliphatic heterocycles. The minimum Gasteiger partial charge on any atom is -0.369 e. The summed E-state index contributed by atoms with van der Waals surface area (Å²) in [7, 11) is 0. The average Bonchev–Trinajstić information content (AvgIpc) is 2.93. The largest absolute Gasteiger partial charge is 0.369 e. The third-order valence-corrected chi connectivity index (χ3v) is 2.49. The maximum atomic E-state index is 5.84. The van der Waals surface area contributed by atoms with Crippen molar-refractivity contribution >= 4 is 17.1 Å². The molecule has 0 atom stereocenters. The van der Waals surface area contributed by atoms with Crippen molar-refractivity contribution in [3.05, 3.63) is 30.5 Å². The third kappa shape index (κ3) is 1.71. The number of nitrogen functional groups attached to an aromatic ring is 1. The molecule has 3 aromatic rings. The van der Waals surface area contributed by atoms with Crippen LogP contribution in [-0.4, -0.2) is 24.7 Å². The zero-order chi connectivity index (χ0) is 11.7. The van der Waals surface area contributed by atoms with E-state index in [0.717, 1.165) is 11.2 Å². The maximum absolute atomic E-state index is 5.84. The molecule has 0 unspecified atom stereocenters. The van der Waals surface area contributed by atoms with E-state index >= 15 is 0 Å². The molecule has 0 amide bonds. The van der Waals surface area contributed by atoms with Crippen LogP contribution in [0.15, 0.2) is 29.2 Å². The van der Waals surface area contributed by atoms with Crippen LogP contribution in [0.3, 0.4) is 0 Å². The predicted octanol–water partition coefficient (Wildman–Crippen LogP) is 0.639. The maximum Gasteiger partial charge on any atom is 0.228 e. The van der Waals surface area contributed by atoms with Gasteiger partial charge in [-0.1, -0.05) is 5.16 Å². The minimum absolute atomic E-state index is 0.443. The molecule has 0 aliphatic carbocycles. The summed E-state index contributed by atoms with van der Waals surface area (Å²) in [5, 5.41) is 3.55. The van der Waals surface area contributed by atoms with Gasteiger partial charge in [0.2, 0.25) is 11.8 Å². The van der Waals surface area contributed by atoms with Gasteiger partial charge in [0.25, 0.3) is 0 Å². The highest BCUT2D eigenvalue weighted by Gasteiger charge is 2.09. The number of imidazole rings is 1. The predicted molar refractivity (Wildman–Crippen MR) is 59.9 cm³/mol. The lowest BCUT2D eigenvalue weighted by Gasteiger charge is -2.02. The van der Waals surface area contributed by atoms with Crippen LogP contribution in [0.5, 0.6) is 0 Å². The van der Waals surface area contributed by atoms with Gasteiger partial charge in [-0.25, -0.2) is 9.97 Å². The summed E-state index contributed by atoms with van der Waals surface area (Å²) in [4.78, 5) is 12.4. The first-order valence-electron chi connectivity index (χ1n) is 5.17. The summed E-state index contributed by atoms with van der Waals surface area (Å²) in [5.41, 5.74) is 7.39. The number of nitrogens with zero attached hydrogens (tertiary/aromatic N) is 5. The molecule has 86 valence electrons. The van der Waals surface area contributed by atoms with Gasteiger partial charge in [0.05, 0.1) is 0 Å². The number of aromatic nitrogens is 5. The van der Waals surface area contributed by atoms with E-state index in [1.807, 2.05) is 16.7 Å². The van der Waals surface area contributed by atoms with Crippen molar-refractivity contribution in [3.8, 4) is 0 Å². The number of anilines is 1. The second-order valence-electron chi connectivity index (χ2n) is 3.55. The van der Waals surface area contributed by atoms with E-state index in [4.69, 9.17) is 10.3 Å². The van der Waals surface area contributed by atoms with Gasteiger partial charge in [-0.2, -0.15) is 4.98 Å². The van der Waals surface area contributed by atoms with Gasteiger partial charge in [-0.05, 0) is 12.1 Å². The van der Waals surface area contributed by atoms with E-state index in [9.17, 15) is 0 Å². The number of rotatable bonds is 3. The summed E-state index contributed by atoms with van der Waals surface area (Å²) in [6, 6.07) is 3.71. The van der Waals surface area contributed by atoms with E-state index in [1.54, 1.807) is 6.20 Å². The molecule has 2 N–H and O–H groups in total. The average molecular weight is 230 g/mol. The number of hydrogen-bond donors (Lipinski definition) is 1. The zero-order valence-corrected chi connectivity index (χ0v) is 8.95. The summed E-state index contributed by atoms with van der Waals surface area (Å²) < 4.78 is 6.76. The van der Waals surface area contributed by atoms with Crippen LogP contribution in [0.25, 0.3) is 11.2 Å². The van der Waals surface area contributed by atoms with E-state index in [2.05, 4.69) is 20.1 Å². The van der Waals surface area contributed by atoms with Crippen LogP contribution < -0.4 is 5.73 Å². The number of hydrogen-bond acceptors (Lipinski definition) is 6. The lowest BCUT2D eigenvalue weighted by molar-refractivity contribution is 0.371. The molecule has 0 aliphatic rings. The van der Waals surface area contributed by atoms with E-state index in [1.165, 1.54) is 6.33 Å². The lowest BCUT2D eigenvalue weighted by atomic mass is 10.4. The molecule has 0 aromatic carbocycles. The van der Waals surface area contributed by atoms with Crippen LogP contribution in [0, 0.1) is 0 Å². The molecule has 3 heterocycles. The molecule has 0 saturated heterocycles. The van der Waals surface area contributed by atoms with Crippen LogP contribution in [0.4, 0.5) is 5.95 Å². The van der Waals surface area contributed by atoms with Crippen molar-refractivity contribution in [2.24, 2.45) is 0 Å². The normalized spacial score (nSPS) is 11.1. The lowest BCUT2D eigenvalue weighted by Crippen LogP contribution is -2.06. The first-order chi connectivity index (χ1) is 8.34. The zero-order valence-electron chi connectivity index (χ0n) is 8.95. The van der Waals surface area contributed by atoms with Crippen LogP contribution in [0.2, 0.25) is 0 Å². The van der Waals surface area contributed by atoms with E-state index < -0.39 is 0 Å². The monoisotopic (exact) mass is 230 g/mol. The Bertz CT molecular complexity index is 629. The Balaban J connectivity index is 1.92. The smallest absolute Gasteiger partial charge is 0.228 e. The molecule has 17 heavy (non-hydrogen) atoms. The van der Waals surface area contributed by atoms with Crippen molar-refractivity contribution in [1.29, 1.82) is 0 Å². The van der Waals surface area contributed by atoms with Crippen molar-refractivity contribution in [3.63, 3.8) is 0 Å². The molecule has 0 spiro atoms. The Labute approximate surface area is 96.3 Å². The number of nitrogens with two attached hydrogens (primary N) is 1. The summed E-state index contributed by atoms with van der Waals surface area (Å²) in [6.07, 6.45) is 3.70. The Morgan fingerprint density at radius 1 is 1.35 bits per heavy atom. The van der Waals surface area contributed by atoms with Crippen LogP contribution in [-0.2, 0) is 13.0 Å². The molecule has 3 rings (SSSR count). The highest BCUT2D eigenvalue weighted by atomic mass is 16.5. The SMILES string of the molecule is Nc1nc2cccnc2n1CCc1ncno1. The second kappa shape index (κ2) is 3.85. The Hall–Kier alpha value is -2.44. The van der Waals surface area contributed by atoms with Gasteiger partial charge in [0.1, 0.15) is 5.52 Å². The molecule has 7 heteroatoms. The second-order valence-corrected chi connectivity index (χ2v) is 3.55. The minimum atomic E-state index is 0.443.